The summed E-state index contributed by atoms with van der Waals surface area (Å²) in [6.07, 6.45) is -2.30. The highest BCUT2D eigenvalue weighted by atomic mass is 32.2. The van der Waals surface area contributed by atoms with Gasteiger partial charge >= 0.3 is 6.18 Å². The number of carbonyl (C=O) groups excluding carboxylic acids is 2. The molecule has 0 aliphatic carbocycles. The van der Waals surface area contributed by atoms with Crippen molar-refractivity contribution in [1.29, 1.82) is 0 Å². The first-order chi connectivity index (χ1) is 23.2. The largest absolute Gasteiger partial charge is 0.416 e. The molecule has 1 saturated heterocycles. The molecule has 2 amide bonds. The van der Waals surface area contributed by atoms with Gasteiger partial charge in [-0.2, -0.15) is 13.2 Å². The van der Waals surface area contributed by atoms with Crippen LogP contribution in [0.1, 0.15) is 53.5 Å². The fourth-order valence-corrected chi connectivity index (χ4v) is 7.01. The molecule has 1 unspecified atom stereocenters. The van der Waals surface area contributed by atoms with Gasteiger partial charge in [-0.25, -0.2) is 0 Å². The van der Waals surface area contributed by atoms with Gasteiger partial charge in [0.1, 0.15) is 5.82 Å². The predicted molar refractivity (Wildman–Crippen MR) is 181 cm³/mol. The molecular weight excluding hydrogens is 636 g/mol. The van der Waals surface area contributed by atoms with Crippen molar-refractivity contribution in [2.75, 3.05) is 25.4 Å². The summed E-state index contributed by atoms with van der Waals surface area (Å²) in [6.45, 7) is 3.42. The van der Waals surface area contributed by atoms with E-state index in [-0.39, 0.29) is 17.9 Å². The number of carbonyl (C=O) groups is 2. The zero-order chi connectivity index (χ0) is 33.7. The van der Waals surface area contributed by atoms with Crippen LogP contribution in [-0.2, 0) is 17.4 Å². The molecule has 11 heteroatoms. The average Bonchev–Trinajstić information content (AvgIpc) is 3.49. The van der Waals surface area contributed by atoms with E-state index in [1.165, 1.54) is 17.8 Å². The number of rotatable bonds is 10. The van der Waals surface area contributed by atoms with Gasteiger partial charge in [-0.3, -0.25) is 14.2 Å². The Kier molecular flexibility index (Phi) is 10.1. The van der Waals surface area contributed by atoms with E-state index < -0.39 is 11.7 Å². The van der Waals surface area contributed by atoms with Gasteiger partial charge < -0.3 is 9.80 Å². The maximum Gasteiger partial charge on any atom is 0.416 e. The molecule has 1 atom stereocenters. The van der Waals surface area contributed by atoms with E-state index in [2.05, 4.69) is 10.2 Å². The minimum absolute atomic E-state index is 0.0257. The van der Waals surface area contributed by atoms with Crippen LogP contribution >= 0.6 is 11.8 Å². The van der Waals surface area contributed by atoms with E-state index in [9.17, 15) is 22.8 Å². The van der Waals surface area contributed by atoms with Crippen LogP contribution in [0, 0.1) is 0 Å². The third kappa shape index (κ3) is 7.73. The molecule has 1 aliphatic heterocycles. The number of hydrogen-bond acceptors (Lipinski definition) is 5. The van der Waals surface area contributed by atoms with Gasteiger partial charge in [-0.1, -0.05) is 78.5 Å². The number of thioether (sulfide) groups is 1. The number of halogens is 3. The minimum atomic E-state index is -4.47. The number of hydrogen-bond donors (Lipinski definition) is 0. The highest BCUT2D eigenvalue weighted by Crippen LogP contribution is 2.32. The topological polar surface area (TPSA) is 71.3 Å². The Morgan fingerprint density at radius 1 is 0.854 bits per heavy atom. The molecule has 1 aromatic heterocycles. The second kappa shape index (κ2) is 14.6. The summed E-state index contributed by atoms with van der Waals surface area (Å²) in [5.41, 5.74) is 1.24. The lowest BCUT2D eigenvalue weighted by Crippen LogP contribution is -2.55. The quantitative estimate of drug-likeness (QED) is 0.113. The molecule has 48 heavy (non-hydrogen) atoms. The van der Waals surface area contributed by atoms with Gasteiger partial charge in [-0.05, 0) is 66.4 Å². The first-order valence-electron chi connectivity index (χ1n) is 16.0. The molecule has 0 bridgehead atoms. The summed E-state index contributed by atoms with van der Waals surface area (Å²) in [7, 11) is 0. The molecule has 1 fully saturated rings. The predicted octanol–water partition coefficient (Wildman–Crippen LogP) is 7.67. The number of alkyl halides is 3. The molecule has 2 heterocycles. The zero-order valence-corrected chi connectivity index (χ0v) is 27.4. The summed E-state index contributed by atoms with van der Waals surface area (Å²) in [5.74, 6) is 1.20. The molecule has 248 valence electrons. The lowest BCUT2D eigenvalue weighted by molar-refractivity contribution is -0.137. The van der Waals surface area contributed by atoms with Crippen molar-refractivity contribution in [3.63, 3.8) is 0 Å². The number of aromatic nitrogens is 3. The van der Waals surface area contributed by atoms with Crippen LogP contribution in [0.3, 0.4) is 0 Å². The van der Waals surface area contributed by atoms with E-state index >= 15 is 0 Å². The molecule has 6 rings (SSSR count). The van der Waals surface area contributed by atoms with Crippen molar-refractivity contribution >= 4 is 34.3 Å². The van der Waals surface area contributed by atoms with Crippen LogP contribution in [0.5, 0.6) is 0 Å². The van der Waals surface area contributed by atoms with E-state index in [0.717, 1.165) is 34.9 Å². The van der Waals surface area contributed by atoms with E-state index in [1.807, 2.05) is 89.5 Å². The lowest BCUT2D eigenvalue weighted by atomic mass is 10.0. The molecule has 1 aliphatic rings. The van der Waals surface area contributed by atoms with Crippen molar-refractivity contribution in [2.45, 2.75) is 50.0 Å². The third-order valence-corrected chi connectivity index (χ3v) is 9.61. The molecule has 4 aromatic carbocycles. The summed E-state index contributed by atoms with van der Waals surface area (Å²) in [6, 6.07) is 28.4. The Morgan fingerprint density at radius 3 is 2.40 bits per heavy atom. The maximum atomic E-state index is 13.5. The molecule has 7 nitrogen and oxygen atoms in total. The first-order valence-corrected chi connectivity index (χ1v) is 17.0. The van der Waals surface area contributed by atoms with Crippen molar-refractivity contribution in [3.05, 3.63) is 120 Å². The second-order valence-corrected chi connectivity index (χ2v) is 13.1. The second-order valence-electron chi connectivity index (χ2n) is 12.0. The standard InChI is InChI=1S/C37H36F3N5O2S/c1-26-25-43(19-20-44(26)35(47)30-18-17-28-12-5-6-13-29(28)23-30)34(46)16-7-8-21-48-36-42-41-33(22-27-10-3-2-4-11-27)45(36)32-15-9-14-31(24-32)37(38,39)40/h2-6,9-15,17-18,23-24,26H,7-8,16,19-22,25H2,1H3. The molecular formula is C37H36F3N5O2S. The Labute approximate surface area is 281 Å². The molecule has 5 aromatic rings. The van der Waals surface area contributed by atoms with Gasteiger partial charge in [0.25, 0.3) is 5.91 Å². The Balaban J connectivity index is 1.03. The van der Waals surface area contributed by atoms with Gasteiger partial charge in [0.05, 0.1) is 11.3 Å². The number of benzene rings is 4. The molecule has 0 radical (unpaired) electrons. The smallest absolute Gasteiger partial charge is 0.339 e. The number of fused-ring (bicyclic) bond motifs is 1. The highest BCUT2D eigenvalue weighted by Gasteiger charge is 2.32. The summed E-state index contributed by atoms with van der Waals surface area (Å²) >= 11 is 1.42. The summed E-state index contributed by atoms with van der Waals surface area (Å²) < 4.78 is 42.3. The SMILES string of the molecule is CC1CN(C(=O)CCCCSc2nnc(Cc3ccccc3)n2-c2cccc(C(F)(F)F)c2)CCN1C(=O)c1ccc2ccccc2c1. The van der Waals surface area contributed by atoms with Crippen LogP contribution in [0.25, 0.3) is 16.5 Å². The van der Waals surface area contributed by atoms with E-state index in [1.54, 1.807) is 10.6 Å². The maximum absolute atomic E-state index is 13.5. The van der Waals surface area contributed by atoms with Crippen molar-refractivity contribution < 1.29 is 22.8 Å². The van der Waals surface area contributed by atoms with Crippen LogP contribution in [0.15, 0.2) is 102 Å². The van der Waals surface area contributed by atoms with Crippen LogP contribution in [0.4, 0.5) is 13.2 Å². The monoisotopic (exact) mass is 671 g/mol. The van der Waals surface area contributed by atoms with Crippen LogP contribution in [-0.4, -0.2) is 67.8 Å². The summed E-state index contributed by atoms with van der Waals surface area (Å²) in [4.78, 5) is 30.1. The van der Waals surface area contributed by atoms with Crippen molar-refractivity contribution in [1.82, 2.24) is 24.6 Å². The minimum Gasteiger partial charge on any atom is -0.339 e. The Morgan fingerprint density at radius 2 is 1.62 bits per heavy atom. The van der Waals surface area contributed by atoms with Gasteiger partial charge in [0, 0.05) is 49.8 Å². The zero-order valence-electron chi connectivity index (χ0n) is 26.6. The van der Waals surface area contributed by atoms with Gasteiger partial charge in [0.2, 0.25) is 5.91 Å². The fourth-order valence-electron chi connectivity index (χ4n) is 6.04. The number of amides is 2. The molecule has 0 saturated carbocycles. The van der Waals surface area contributed by atoms with E-state index in [0.29, 0.717) is 66.9 Å². The van der Waals surface area contributed by atoms with E-state index in [4.69, 9.17) is 0 Å². The first kappa shape index (κ1) is 33.3. The summed E-state index contributed by atoms with van der Waals surface area (Å²) in [5, 5.41) is 11.3. The van der Waals surface area contributed by atoms with Gasteiger partial charge in [-0.15, -0.1) is 10.2 Å². The molecule has 0 spiro atoms. The number of unbranched alkanes of at least 4 members (excludes halogenated alkanes) is 1. The lowest BCUT2D eigenvalue weighted by Gasteiger charge is -2.40. The van der Waals surface area contributed by atoms with Crippen molar-refractivity contribution in [3.8, 4) is 5.69 Å². The number of piperazine rings is 1. The Bertz CT molecular complexity index is 1900. The fraction of sp³-hybridized carbons (Fsp3) is 0.297. The van der Waals surface area contributed by atoms with Crippen molar-refractivity contribution in [2.24, 2.45) is 0 Å². The Hall–Kier alpha value is -4.64. The van der Waals surface area contributed by atoms with Crippen LogP contribution in [0.2, 0.25) is 0 Å². The average molecular weight is 672 g/mol. The third-order valence-electron chi connectivity index (χ3n) is 8.59. The number of nitrogens with zero attached hydrogens (tertiary/aromatic N) is 5. The molecule has 0 N–H and O–H groups in total. The van der Waals surface area contributed by atoms with Crippen LogP contribution < -0.4 is 0 Å². The van der Waals surface area contributed by atoms with Gasteiger partial charge in [0.15, 0.2) is 5.16 Å². The highest BCUT2D eigenvalue weighted by molar-refractivity contribution is 7.99. The normalized spacial score (nSPS) is 15.2.